The summed E-state index contributed by atoms with van der Waals surface area (Å²) < 4.78 is 31.4. The molecule has 0 fully saturated rings. The Morgan fingerprint density at radius 2 is 2.15 bits per heavy atom. The van der Waals surface area contributed by atoms with Crippen LogP contribution in [0, 0.1) is 0 Å². The van der Waals surface area contributed by atoms with Gasteiger partial charge in [-0.25, -0.2) is 8.42 Å². The highest BCUT2D eigenvalue weighted by molar-refractivity contribution is 7.89. The molecule has 0 N–H and O–H groups in total. The molecule has 0 bridgehead atoms. The Morgan fingerprint density at radius 3 is 2.70 bits per heavy atom. The first-order valence-electron chi connectivity index (χ1n) is 6.52. The maximum atomic E-state index is 12.4. The molecule has 4 nitrogen and oxygen atoms in total. The van der Waals surface area contributed by atoms with Crippen LogP contribution >= 0.6 is 11.3 Å². The van der Waals surface area contributed by atoms with Crippen molar-refractivity contribution in [2.75, 3.05) is 6.54 Å². The van der Waals surface area contributed by atoms with Gasteiger partial charge < -0.3 is 4.42 Å². The van der Waals surface area contributed by atoms with Gasteiger partial charge in [-0.2, -0.15) is 4.31 Å². The van der Waals surface area contributed by atoms with Crippen LogP contribution in [-0.2, 0) is 23.0 Å². The summed E-state index contributed by atoms with van der Waals surface area (Å²) in [6.45, 7) is 4.28. The number of furan rings is 1. The number of thiophene rings is 1. The number of hydrogen-bond acceptors (Lipinski definition) is 4. The molecule has 0 unspecified atom stereocenters. The minimum atomic E-state index is -3.27. The SMILES string of the molecule is CC(C)S(=O)(=O)N(CCc1cccs1)Cc1ccoc1. The van der Waals surface area contributed by atoms with Gasteiger partial charge in [-0.3, -0.25) is 0 Å². The molecule has 0 spiro atoms. The molecule has 2 rings (SSSR count). The highest BCUT2D eigenvalue weighted by atomic mass is 32.2. The second-order valence-corrected chi connectivity index (χ2v) is 8.41. The van der Waals surface area contributed by atoms with E-state index in [0.29, 0.717) is 13.1 Å². The molecule has 110 valence electrons. The Hall–Kier alpha value is -1.11. The van der Waals surface area contributed by atoms with E-state index in [1.807, 2.05) is 17.5 Å². The Labute approximate surface area is 124 Å². The summed E-state index contributed by atoms with van der Waals surface area (Å²) in [6, 6.07) is 5.81. The predicted octanol–water partition coefficient (Wildman–Crippen LogP) is 3.12. The average Bonchev–Trinajstić information content (AvgIpc) is 3.07. The molecule has 2 heterocycles. The Kier molecular flexibility index (Phi) is 5.01. The van der Waals surface area contributed by atoms with Crippen molar-refractivity contribution < 1.29 is 12.8 Å². The van der Waals surface area contributed by atoms with Gasteiger partial charge in [0.05, 0.1) is 17.8 Å². The van der Waals surface area contributed by atoms with Gasteiger partial charge in [0.25, 0.3) is 0 Å². The third-order valence-corrected chi connectivity index (χ3v) is 6.24. The summed E-state index contributed by atoms with van der Waals surface area (Å²) in [6.07, 6.45) is 3.89. The number of hydrogen-bond donors (Lipinski definition) is 0. The fourth-order valence-electron chi connectivity index (χ4n) is 1.87. The van der Waals surface area contributed by atoms with Crippen LogP contribution in [-0.4, -0.2) is 24.5 Å². The fourth-order valence-corrected chi connectivity index (χ4v) is 3.84. The summed E-state index contributed by atoms with van der Waals surface area (Å²) in [5.41, 5.74) is 0.875. The van der Waals surface area contributed by atoms with E-state index in [4.69, 9.17) is 4.42 Å². The highest BCUT2D eigenvalue weighted by Gasteiger charge is 2.26. The van der Waals surface area contributed by atoms with Crippen LogP contribution in [0.25, 0.3) is 0 Å². The van der Waals surface area contributed by atoms with Crippen LogP contribution in [0.15, 0.2) is 40.5 Å². The molecule has 6 heteroatoms. The Bertz CT molecular complexity index is 601. The zero-order chi connectivity index (χ0) is 14.6. The highest BCUT2D eigenvalue weighted by Crippen LogP contribution is 2.17. The monoisotopic (exact) mass is 313 g/mol. The van der Waals surface area contributed by atoms with E-state index in [1.165, 1.54) is 4.88 Å². The normalized spacial score (nSPS) is 12.4. The second-order valence-electron chi connectivity index (χ2n) is 4.89. The van der Waals surface area contributed by atoms with Crippen molar-refractivity contribution in [2.45, 2.75) is 32.1 Å². The van der Waals surface area contributed by atoms with Gasteiger partial charge in [-0.05, 0) is 37.8 Å². The molecule has 0 aliphatic rings. The lowest BCUT2D eigenvalue weighted by atomic mass is 10.3. The molecule has 0 aliphatic heterocycles. The van der Waals surface area contributed by atoms with Crippen molar-refractivity contribution in [3.63, 3.8) is 0 Å². The smallest absolute Gasteiger partial charge is 0.216 e. The maximum absolute atomic E-state index is 12.4. The molecule has 2 aromatic rings. The van der Waals surface area contributed by atoms with Crippen molar-refractivity contribution in [1.82, 2.24) is 4.31 Å². The topological polar surface area (TPSA) is 50.5 Å². The number of sulfonamides is 1. The Balaban J connectivity index is 2.11. The van der Waals surface area contributed by atoms with Gasteiger partial charge in [-0.1, -0.05) is 6.07 Å². The van der Waals surface area contributed by atoms with Crippen LogP contribution in [0.1, 0.15) is 24.3 Å². The minimum Gasteiger partial charge on any atom is -0.472 e. The first-order valence-corrected chi connectivity index (χ1v) is 8.91. The summed E-state index contributed by atoms with van der Waals surface area (Å²) in [5.74, 6) is 0. The van der Waals surface area contributed by atoms with E-state index in [1.54, 1.807) is 48.1 Å². The van der Waals surface area contributed by atoms with Gasteiger partial charge in [0.2, 0.25) is 10.0 Å². The van der Waals surface area contributed by atoms with Crippen LogP contribution < -0.4 is 0 Å². The van der Waals surface area contributed by atoms with Crippen molar-refractivity contribution in [3.8, 4) is 0 Å². The van der Waals surface area contributed by atoms with E-state index in [9.17, 15) is 8.42 Å². The zero-order valence-corrected chi connectivity index (χ0v) is 13.3. The zero-order valence-electron chi connectivity index (χ0n) is 11.7. The molecular weight excluding hydrogens is 294 g/mol. The van der Waals surface area contributed by atoms with E-state index in [-0.39, 0.29) is 0 Å². The van der Waals surface area contributed by atoms with Crippen LogP contribution in [0.5, 0.6) is 0 Å². The average molecular weight is 313 g/mol. The van der Waals surface area contributed by atoms with Crippen molar-refractivity contribution in [1.29, 1.82) is 0 Å². The summed E-state index contributed by atoms with van der Waals surface area (Å²) in [5, 5.41) is 1.59. The van der Waals surface area contributed by atoms with Crippen molar-refractivity contribution in [3.05, 3.63) is 46.5 Å². The molecule has 2 aromatic heterocycles. The van der Waals surface area contributed by atoms with Gasteiger partial charge >= 0.3 is 0 Å². The third-order valence-electron chi connectivity index (χ3n) is 3.08. The second kappa shape index (κ2) is 6.56. The van der Waals surface area contributed by atoms with Crippen molar-refractivity contribution in [2.24, 2.45) is 0 Å². The predicted molar refractivity (Wildman–Crippen MR) is 81.2 cm³/mol. The first-order chi connectivity index (χ1) is 9.50. The molecule has 0 saturated carbocycles. The summed E-state index contributed by atoms with van der Waals surface area (Å²) in [4.78, 5) is 1.20. The van der Waals surface area contributed by atoms with Gasteiger partial charge in [0.1, 0.15) is 0 Å². The molecule has 0 atom stereocenters. The van der Waals surface area contributed by atoms with Crippen LogP contribution in [0.2, 0.25) is 0 Å². The summed E-state index contributed by atoms with van der Waals surface area (Å²) >= 11 is 1.65. The van der Waals surface area contributed by atoms with E-state index in [2.05, 4.69) is 0 Å². The summed E-state index contributed by atoms with van der Waals surface area (Å²) in [7, 11) is -3.27. The largest absolute Gasteiger partial charge is 0.472 e. The lowest BCUT2D eigenvalue weighted by Crippen LogP contribution is -2.37. The standard InChI is InChI=1S/C14H19NO3S2/c1-12(2)20(16,17)15(10-13-6-8-18-11-13)7-5-14-4-3-9-19-14/h3-4,6,8-9,11-12H,5,7,10H2,1-2H3. The minimum absolute atomic E-state index is 0.363. The molecule has 0 saturated heterocycles. The van der Waals surface area contributed by atoms with E-state index >= 15 is 0 Å². The van der Waals surface area contributed by atoms with E-state index < -0.39 is 15.3 Å². The lowest BCUT2D eigenvalue weighted by molar-refractivity contribution is 0.403. The van der Waals surface area contributed by atoms with Gasteiger partial charge in [0.15, 0.2) is 0 Å². The molecule has 0 aliphatic carbocycles. The quantitative estimate of drug-likeness (QED) is 0.789. The molecule has 20 heavy (non-hydrogen) atoms. The fraction of sp³-hybridized carbons (Fsp3) is 0.429. The Morgan fingerprint density at radius 1 is 1.35 bits per heavy atom. The molecular formula is C14H19NO3S2. The first kappa shape index (κ1) is 15.3. The van der Waals surface area contributed by atoms with Crippen LogP contribution in [0.4, 0.5) is 0 Å². The maximum Gasteiger partial charge on any atom is 0.216 e. The number of nitrogens with zero attached hydrogens (tertiary/aromatic N) is 1. The van der Waals surface area contributed by atoms with Crippen LogP contribution in [0.3, 0.4) is 0 Å². The van der Waals surface area contributed by atoms with Gasteiger partial charge in [0, 0.05) is 23.5 Å². The third kappa shape index (κ3) is 3.71. The molecule has 0 radical (unpaired) electrons. The van der Waals surface area contributed by atoms with Gasteiger partial charge in [-0.15, -0.1) is 11.3 Å². The van der Waals surface area contributed by atoms with E-state index in [0.717, 1.165) is 12.0 Å². The molecule has 0 amide bonds. The van der Waals surface area contributed by atoms with Crippen molar-refractivity contribution >= 4 is 21.4 Å². The molecule has 0 aromatic carbocycles. The number of rotatable bonds is 7. The lowest BCUT2D eigenvalue weighted by Gasteiger charge is -2.23.